The smallest absolute Gasteiger partial charge is 0.257 e. The quantitative estimate of drug-likeness (QED) is 0.628. The van der Waals surface area contributed by atoms with Gasteiger partial charge in [0.05, 0.1) is 15.1 Å². The Bertz CT molecular complexity index is 1160. The van der Waals surface area contributed by atoms with Crippen molar-refractivity contribution in [1.82, 2.24) is 9.29 Å². The molecule has 0 unspecified atom stereocenters. The van der Waals surface area contributed by atoms with Gasteiger partial charge in [-0.25, -0.2) is 13.4 Å². The van der Waals surface area contributed by atoms with Crippen molar-refractivity contribution in [3.05, 3.63) is 53.6 Å². The minimum atomic E-state index is -3.52. The van der Waals surface area contributed by atoms with Crippen LogP contribution in [0.3, 0.4) is 0 Å². The fraction of sp³-hybridized carbons (Fsp3) is 0.364. The molecule has 1 aliphatic rings. The molecule has 1 amide bonds. The molecule has 0 aliphatic carbocycles. The summed E-state index contributed by atoms with van der Waals surface area (Å²) in [7, 11) is -3.52. The molecular formula is C22H25N3O3S2. The van der Waals surface area contributed by atoms with E-state index >= 15 is 0 Å². The Morgan fingerprint density at radius 3 is 2.53 bits per heavy atom. The van der Waals surface area contributed by atoms with Crippen molar-refractivity contribution in [3.8, 4) is 0 Å². The maximum absolute atomic E-state index is 12.8. The van der Waals surface area contributed by atoms with E-state index in [0.29, 0.717) is 29.7 Å². The number of aryl methyl sites for hydroxylation is 1. The highest BCUT2D eigenvalue weighted by molar-refractivity contribution is 7.89. The maximum Gasteiger partial charge on any atom is 0.257 e. The minimum absolute atomic E-state index is 0.223. The molecule has 1 N–H and O–H groups in total. The molecule has 0 spiro atoms. The summed E-state index contributed by atoms with van der Waals surface area (Å²) < 4.78 is 28.3. The number of carbonyl (C=O) groups is 1. The first-order chi connectivity index (χ1) is 14.4. The zero-order valence-corrected chi connectivity index (χ0v) is 18.7. The van der Waals surface area contributed by atoms with Crippen LogP contribution in [0.25, 0.3) is 10.2 Å². The largest absolute Gasteiger partial charge is 0.298 e. The number of sulfonamides is 1. The Kier molecular flexibility index (Phi) is 5.90. The highest BCUT2D eigenvalue weighted by Crippen LogP contribution is 2.29. The number of rotatable bonds is 5. The van der Waals surface area contributed by atoms with Gasteiger partial charge in [0.1, 0.15) is 0 Å². The van der Waals surface area contributed by atoms with Crippen molar-refractivity contribution in [3.63, 3.8) is 0 Å². The fourth-order valence-electron chi connectivity index (χ4n) is 3.67. The highest BCUT2D eigenvalue weighted by atomic mass is 32.2. The lowest BCUT2D eigenvalue weighted by atomic mass is 10.0. The van der Waals surface area contributed by atoms with Gasteiger partial charge in [-0.2, -0.15) is 4.31 Å². The number of fused-ring (bicyclic) bond motifs is 1. The number of thiazole rings is 1. The van der Waals surface area contributed by atoms with Crippen molar-refractivity contribution in [2.45, 2.75) is 38.0 Å². The summed E-state index contributed by atoms with van der Waals surface area (Å²) in [4.78, 5) is 17.4. The second kappa shape index (κ2) is 8.45. The average Bonchev–Trinajstić information content (AvgIpc) is 3.16. The number of para-hydroxylation sites is 1. The number of anilines is 1. The van der Waals surface area contributed by atoms with Crippen molar-refractivity contribution < 1.29 is 13.2 Å². The van der Waals surface area contributed by atoms with Crippen LogP contribution in [0.5, 0.6) is 0 Å². The van der Waals surface area contributed by atoms with Gasteiger partial charge in [-0.3, -0.25) is 10.1 Å². The van der Waals surface area contributed by atoms with E-state index in [4.69, 9.17) is 0 Å². The maximum atomic E-state index is 12.8. The Morgan fingerprint density at radius 2 is 1.87 bits per heavy atom. The van der Waals surface area contributed by atoms with Gasteiger partial charge in [0.25, 0.3) is 5.91 Å². The summed E-state index contributed by atoms with van der Waals surface area (Å²) in [6.07, 6.45) is 2.63. The molecule has 0 bridgehead atoms. The number of piperidine rings is 1. The fourth-order valence-corrected chi connectivity index (χ4v) is 6.04. The number of aromatic nitrogens is 1. The number of nitrogens with zero attached hydrogens (tertiary/aromatic N) is 2. The molecule has 1 saturated heterocycles. The van der Waals surface area contributed by atoms with Gasteiger partial charge < -0.3 is 0 Å². The van der Waals surface area contributed by atoms with Crippen molar-refractivity contribution >= 4 is 42.6 Å². The molecule has 0 atom stereocenters. The molecule has 0 saturated carbocycles. The van der Waals surface area contributed by atoms with Gasteiger partial charge in [-0.15, -0.1) is 0 Å². The first-order valence-corrected chi connectivity index (χ1v) is 12.4. The zero-order chi connectivity index (χ0) is 21.3. The Balaban J connectivity index is 1.49. The lowest BCUT2D eigenvalue weighted by Gasteiger charge is -2.29. The monoisotopic (exact) mass is 443 g/mol. The van der Waals surface area contributed by atoms with Crippen LogP contribution < -0.4 is 5.32 Å². The third-order valence-corrected chi connectivity index (χ3v) is 8.45. The Labute approximate surface area is 181 Å². The van der Waals surface area contributed by atoms with Crippen LogP contribution in [-0.4, -0.2) is 36.7 Å². The molecule has 8 heteroatoms. The standard InChI is InChI=1S/C22H25N3O3S2/c1-3-16-5-4-6-19-20(16)23-22(29-19)24-21(26)17-7-9-18(10-8-17)30(27,28)25-13-11-15(2)12-14-25/h4-10,15H,3,11-14H2,1-2H3,(H,23,24,26). The van der Waals surface area contributed by atoms with E-state index in [2.05, 4.69) is 24.1 Å². The molecule has 4 rings (SSSR count). The summed E-state index contributed by atoms with van der Waals surface area (Å²) >= 11 is 1.43. The SMILES string of the molecule is CCc1cccc2sc(NC(=O)c3ccc(S(=O)(=O)N4CCC(C)CC4)cc3)nc12. The number of benzene rings is 2. The molecule has 0 radical (unpaired) electrons. The molecule has 2 heterocycles. The summed E-state index contributed by atoms with van der Waals surface area (Å²) in [5.41, 5.74) is 2.46. The van der Waals surface area contributed by atoms with E-state index in [0.717, 1.165) is 35.0 Å². The lowest BCUT2D eigenvalue weighted by molar-refractivity contribution is 0.102. The molecule has 1 aromatic heterocycles. The first kappa shape index (κ1) is 21.0. The van der Waals surface area contributed by atoms with Crippen LogP contribution in [-0.2, 0) is 16.4 Å². The second-order valence-corrected chi connectivity index (χ2v) is 10.7. The van der Waals surface area contributed by atoms with Gasteiger partial charge in [0, 0.05) is 18.7 Å². The summed E-state index contributed by atoms with van der Waals surface area (Å²) in [6, 6.07) is 12.1. The Hall–Kier alpha value is -2.29. The second-order valence-electron chi connectivity index (χ2n) is 7.70. The van der Waals surface area contributed by atoms with Crippen LogP contribution >= 0.6 is 11.3 Å². The minimum Gasteiger partial charge on any atom is -0.298 e. The van der Waals surface area contributed by atoms with E-state index in [1.54, 1.807) is 12.1 Å². The molecule has 3 aromatic rings. The van der Waals surface area contributed by atoms with Gasteiger partial charge >= 0.3 is 0 Å². The number of hydrogen-bond donors (Lipinski definition) is 1. The first-order valence-electron chi connectivity index (χ1n) is 10.2. The number of hydrogen-bond acceptors (Lipinski definition) is 5. The summed E-state index contributed by atoms with van der Waals surface area (Å²) in [5.74, 6) is 0.251. The van der Waals surface area contributed by atoms with E-state index in [1.165, 1.54) is 27.8 Å². The van der Waals surface area contributed by atoms with Gasteiger partial charge in [0.2, 0.25) is 10.0 Å². The van der Waals surface area contributed by atoms with Crippen LogP contribution in [0.4, 0.5) is 5.13 Å². The van der Waals surface area contributed by atoms with E-state index < -0.39 is 10.0 Å². The highest BCUT2D eigenvalue weighted by Gasteiger charge is 2.28. The number of amides is 1. The van der Waals surface area contributed by atoms with Gasteiger partial charge in [-0.05, 0) is 61.1 Å². The zero-order valence-electron chi connectivity index (χ0n) is 17.1. The number of nitrogens with one attached hydrogen (secondary N) is 1. The Morgan fingerprint density at radius 1 is 1.17 bits per heavy atom. The van der Waals surface area contributed by atoms with Crippen molar-refractivity contribution in [2.75, 3.05) is 18.4 Å². The molecule has 1 fully saturated rings. The topological polar surface area (TPSA) is 79.4 Å². The van der Waals surface area contributed by atoms with Crippen molar-refractivity contribution in [1.29, 1.82) is 0 Å². The van der Waals surface area contributed by atoms with Gasteiger partial charge in [0.15, 0.2) is 5.13 Å². The predicted octanol–water partition coefficient (Wildman–Crippen LogP) is 4.53. The third kappa shape index (κ3) is 4.12. The summed E-state index contributed by atoms with van der Waals surface area (Å²) in [6.45, 7) is 5.31. The van der Waals surface area contributed by atoms with Crippen LogP contribution in [0, 0.1) is 5.92 Å². The lowest BCUT2D eigenvalue weighted by Crippen LogP contribution is -2.37. The van der Waals surface area contributed by atoms with E-state index in [-0.39, 0.29) is 10.8 Å². The van der Waals surface area contributed by atoms with E-state index in [9.17, 15) is 13.2 Å². The molecule has 2 aromatic carbocycles. The average molecular weight is 444 g/mol. The van der Waals surface area contributed by atoms with E-state index in [1.807, 2.05) is 18.2 Å². The van der Waals surface area contributed by atoms with Crippen molar-refractivity contribution in [2.24, 2.45) is 5.92 Å². The third-order valence-electron chi connectivity index (χ3n) is 5.60. The molecule has 1 aliphatic heterocycles. The van der Waals surface area contributed by atoms with Gasteiger partial charge in [-0.1, -0.05) is 37.3 Å². The molecule has 30 heavy (non-hydrogen) atoms. The number of carbonyl (C=O) groups excluding carboxylic acids is 1. The van der Waals surface area contributed by atoms with Crippen LogP contribution in [0.15, 0.2) is 47.4 Å². The predicted molar refractivity (Wildman–Crippen MR) is 121 cm³/mol. The molecule has 158 valence electrons. The molecular weight excluding hydrogens is 418 g/mol. The van der Waals surface area contributed by atoms with Crippen LogP contribution in [0.1, 0.15) is 42.6 Å². The van der Waals surface area contributed by atoms with Crippen LogP contribution in [0.2, 0.25) is 0 Å². The molecule has 6 nitrogen and oxygen atoms in total. The normalized spacial score (nSPS) is 16.1. The summed E-state index contributed by atoms with van der Waals surface area (Å²) in [5, 5.41) is 3.37.